The number of thiazole rings is 1. The Morgan fingerprint density at radius 3 is 2.94 bits per heavy atom. The Labute approximate surface area is 103 Å². The van der Waals surface area contributed by atoms with Crippen molar-refractivity contribution in [3.05, 3.63) is 41.7 Å². The third kappa shape index (κ3) is 1.76. The third-order valence-electron chi connectivity index (χ3n) is 2.66. The molecule has 0 aliphatic carbocycles. The van der Waals surface area contributed by atoms with Crippen molar-refractivity contribution in [3.63, 3.8) is 0 Å². The summed E-state index contributed by atoms with van der Waals surface area (Å²) in [6, 6.07) is 8.17. The van der Waals surface area contributed by atoms with Gasteiger partial charge in [-0.1, -0.05) is 6.07 Å². The highest BCUT2D eigenvalue weighted by molar-refractivity contribution is 7.18. The molecule has 0 saturated carbocycles. The molecule has 84 valence electrons. The van der Waals surface area contributed by atoms with Crippen LogP contribution in [-0.4, -0.2) is 9.97 Å². The lowest BCUT2D eigenvalue weighted by Gasteiger charge is -2.04. The molecular weight excluding hydrogens is 230 g/mol. The molecule has 0 radical (unpaired) electrons. The molecule has 2 aromatic heterocycles. The summed E-state index contributed by atoms with van der Waals surface area (Å²) in [7, 11) is 0. The summed E-state index contributed by atoms with van der Waals surface area (Å²) in [5.41, 5.74) is 9.74. The molecule has 0 atom stereocenters. The maximum Gasteiger partial charge on any atom is 0.0907 e. The number of nitrogens with two attached hydrogens (primary N) is 1. The van der Waals surface area contributed by atoms with Crippen LogP contribution in [0.15, 0.2) is 36.7 Å². The van der Waals surface area contributed by atoms with E-state index in [2.05, 4.69) is 28.2 Å². The Balaban J connectivity index is 2.21. The standard InChI is InChI=1S/C13H11N3S/c1-8-16-12-6-9(2-3-13(12)17-8)10-4-5-15-7-11(10)14/h2-7H,14H2,1H3. The van der Waals surface area contributed by atoms with Crippen molar-refractivity contribution in [1.82, 2.24) is 9.97 Å². The van der Waals surface area contributed by atoms with Crippen LogP contribution < -0.4 is 5.73 Å². The van der Waals surface area contributed by atoms with Crippen LogP contribution in [0.5, 0.6) is 0 Å². The number of hydrogen-bond acceptors (Lipinski definition) is 4. The number of fused-ring (bicyclic) bond motifs is 1. The first kappa shape index (κ1) is 10.2. The van der Waals surface area contributed by atoms with Crippen LogP contribution in [0, 0.1) is 6.92 Å². The zero-order valence-corrected chi connectivity index (χ0v) is 10.2. The smallest absolute Gasteiger partial charge is 0.0907 e. The molecule has 3 aromatic rings. The Hall–Kier alpha value is -1.94. The van der Waals surface area contributed by atoms with Crippen molar-refractivity contribution in [2.24, 2.45) is 0 Å². The predicted octanol–water partition coefficient (Wildman–Crippen LogP) is 3.25. The number of nitrogen functional groups attached to an aromatic ring is 1. The number of benzene rings is 1. The van der Waals surface area contributed by atoms with Crippen LogP contribution in [-0.2, 0) is 0 Å². The minimum absolute atomic E-state index is 0.693. The molecule has 4 heteroatoms. The van der Waals surface area contributed by atoms with Crippen molar-refractivity contribution in [1.29, 1.82) is 0 Å². The van der Waals surface area contributed by atoms with Gasteiger partial charge in [-0.25, -0.2) is 4.98 Å². The van der Waals surface area contributed by atoms with Gasteiger partial charge in [0.2, 0.25) is 0 Å². The molecule has 2 heterocycles. The molecule has 2 N–H and O–H groups in total. The van der Waals surface area contributed by atoms with Gasteiger partial charge in [0.05, 0.1) is 27.1 Å². The number of aryl methyl sites for hydroxylation is 1. The second-order valence-electron chi connectivity index (χ2n) is 3.88. The molecule has 0 amide bonds. The van der Waals surface area contributed by atoms with Gasteiger partial charge in [0.1, 0.15) is 0 Å². The quantitative estimate of drug-likeness (QED) is 0.711. The molecule has 0 unspecified atom stereocenters. The van der Waals surface area contributed by atoms with E-state index >= 15 is 0 Å². The molecule has 3 nitrogen and oxygen atoms in total. The fourth-order valence-corrected chi connectivity index (χ4v) is 2.69. The zero-order valence-electron chi connectivity index (χ0n) is 9.34. The number of nitrogens with zero attached hydrogens (tertiary/aromatic N) is 2. The predicted molar refractivity (Wildman–Crippen MR) is 72.0 cm³/mol. The van der Waals surface area contributed by atoms with Gasteiger partial charge in [-0.15, -0.1) is 11.3 Å². The van der Waals surface area contributed by atoms with E-state index in [1.165, 1.54) is 4.70 Å². The third-order valence-corrected chi connectivity index (χ3v) is 3.61. The normalized spacial score (nSPS) is 10.9. The van der Waals surface area contributed by atoms with Crippen molar-refractivity contribution < 1.29 is 0 Å². The minimum atomic E-state index is 0.693. The van der Waals surface area contributed by atoms with E-state index < -0.39 is 0 Å². The average molecular weight is 241 g/mol. The Morgan fingerprint density at radius 2 is 2.12 bits per heavy atom. The van der Waals surface area contributed by atoms with Gasteiger partial charge in [0, 0.05) is 11.8 Å². The van der Waals surface area contributed by atoms with Crippen molar-refractivity contribution >= 4 is 27.2 Å². The van der Waals surface area contributed by atoms with Gasteiger partial charge < -0.3 is 5.73 Å². The lowest BCUT2D eigenvalue weighted by atomic mass is 10.1. The first-order valence-electron chi connectivity index (χ1n) is 5.31. The summed E-state index contributed by atoms with van der Waals surface area (Å²) in [6.45, 7) is 2.02. The van der Waals surface area contributed by atoms with Crippen molar-refractivity contribution in [2.45, 2.75) is 6.92 Å². The van der Waals surface area contributed by atoms with Crippen LogP contribution >= 0.6 is 11.3 Å². The van der Waals surface area contributed by atoms with Crippen LogP contribution in [0.3, 0.4) is 0 Å². The largest absolute Gasteiger partial charge is 0.397 e. The highest BCUT2D eigenvalue weighted by Gasteiger charge is 2.05. The highest BCUT2D eigenvalue weighted by atomic mass is 32.1. The van der Waals surface area contributed by atoms with Gasteiger partial charge in [-0.05, 0) is 30.7 Å². The topological polar surface area (TPSA) is 51.8 Å². The summed E-state index contributed by atoms with van der Waals surface area (Å²) in [5.74, 6) is 0. The van der Waals surface area contributed by atoms with E-state index in [-0.39, 0.29) is 0 Å². The van der Waals surface area contributed by atoms with E-state index in [1.54, 1.807) is 23.7 Å². The van der Waals surface area contributed by atoms with E-state index in [4.69, 9.17) is 5.73 Å². The molecule has 3 rings (SSSR count). The molecule has 0 saturated heterocycles. The second kappa shape index (κ2) is 3.82. The molecule has 0 bridgehead atoms. The van der Waals surface area contributed by atoms with Gasteiger partial charge in [-0.2, -0.15) is 0 Å². The number of anilines is 1. The molecule has 0 aliphatic rings. The van der Waals surface area contributed by atoms with E-state index in [9.17, 15) is 0 Å². The lowest BCUT2D eigenvalue weighted by molar-refractivity contribution is 1.33. The van der Waals surface area contributed by atoms with Crippen LogP contribution in [0.25, 0.3) is 21.3 Å². The zero-order chi connectivity index (χ0) is 11.8. The van der Waals surface area contributed by atoms with Gasteiger partial charge >= 0.3 is 0 Å². The minimum Gasteiger partial charge on any atom is -0.397 e. The maximum atomic E-state index is 5.92. The van der Waals surface area contributed by atoms with Crippen molar-refractivity contribution in [2.75, 3.05) is 5.73 Å². The number of hydrogen-bond donors (Lipinski definition) is 1. The van der Waals surface area contributed by atoms with E-state index in [0.29, 0.717) is 5.69 Å². The fraction of sp³-hybridized carbons (Fsp3) is 0.0769. The highest BCUT2D eigenvalue weighted by Crippen LogP contribution is 2.29. The molecular formula is C13H11N3S. The first-order chi connectivity index (χ1) is 8.24. The fourth-order valence-electron chi connectivity index (χ4n) is 1.88. The van der Waals surface area contributed by atoms with Gasteiger partial charge in [0.25, 0.3) is 0 Å². The molecule has 17 heavy (non-hydrogen) atoms. The Bertz CT molecular complexity index is 688. The number of aromatic nitrogens is 2. The SMILES string of the molecule is Cc1nc2cc(-c3ccncc3N)ccc2s1. The average Bonchev–Trinajstić information content (AvgIpc) is 2.68. The maximum absolute atomic E-state index is 5.92. The molecule has 1 aromatic carbocycles. The lowest BCUT2D eigenvalue weighted by Crippen LogP contribution is -1.90. The monoisotopic (exact) mass is 241 g/mol. The molecule has 0 spiro atoms. The van der Waals surface area contributed by atoms with Crippen LogP contribution in [0.1, 0.15) is 5.01 Å². The van der Waals surface area contributed by atoms with E-state index in [1.807, 2.05) is 13.0 Å². The van der Waals surface area contributed by atoms with Gasteiger partial charge in [-0.3, -0.25) is 4.98 Å². The second-order valence-corrected chi connectivity index (χ2v) is 5.11. The van der Waals surface area contributed by atoms with E-state index in [0.717, 1.165) is 21.7 Å². The number of pyridine rings is 1. The summed E-state index contributed by atoms with van der Waals surface area (Å²) < 4.78 is 1.21. The first-order valence-corrected chi connectivity index (χ1v) is 6.13. The van der Waals surface area contributed by atoms with Crippen LogP contribution in [0.2, 0.25) is 0 Å². The Kier molecular flexibility index (Phi) is 2.30. The Morgan fingerprint density at radius 1 is 1.24 bits per heavy atom. The van der Waals surface area contributed by atoms with Crippen molar-refractivity contribution in [3.8, 4) is 11.1 Å². The summed E-state index contributed by atoms with van der Waals surface area (Å²) in [6.07, 6.45) is 3.42. The number of rotatable bonds is 1. The summed E-state index contributed by atoms with van der Waals surface area (Å²) >= 11 is 1.71. The molecule has 0 aliphatic heterocycles. The summed E-state index contributed by atoms with van der Waals surface area (Å²) in [4.78, 5) is 8.49. The summed E-state index contributed by atoms with van der Waals surface area (Å²) in [5, 5.41) is 1.08. The van der Waals surface area contributed by atoms with Gasteiger partial charge in [0.15, 0.2) is 0 Å². The molecule has 0 fully saturated rings. The van der Waals surface area contributed by atoms with Crippen LogP contribution in [0.4, 0.5) is 5.69 Å².